The van der Waals surface area contributed by atoms with Crippen LogP contribution >= 0.6 is 0 Å². The molecular formula is C15H20N4O3. The highest BCUT2D eigenvalue weighted by Gasteiger charge is 2.33. The first kappa shape index (κ1) is 14.7. The molecule has 1 unspecified atom stereocenters. The number of nitro groups is 1. The molecule has 0 bridgehead atoms. The van der Waals surface area contributed by atoms with Crippen LogP contribution in [0.3, 0.4) is 0 Å². The molecule has 7 heteroatoms. The lowest BCUT2D eigenvalue weighted by atomic mass is 10.1. The summed E-state index contributed by atoms with van der Waals surface area (Å²) < 4.78 is 0. The zero-order valence-electron chi connectivity index (χ0n) is 12.4. The van der Waals surface area contributed by atoms with Gasteiger partial charge in [0.05, 0.1) is 4.92 Å². The Morgan fingerprint density at radius 2 is 2.14 bits per heavy atom. The van der Waals surface area contributed by atoms with Crippen LogP contribution in [0.25, 0.3) is 0 Å². The summed E-state index contributed by atoms with van der Waals surface area (Å²) in [6.45, 7) is 1.32. The molecule has 22 heavy (non-hydrogen) atoms. The summed E-state index contributed by atoms with van der Waals surface area (Å²) in [6, 6.07) is 3.01. The number of nitrogens with zero attached hydrogens (tertiary/aromatic N) is 3. The number of carbonyl (C=O) groups excluding carboxylic acids is 1. The van der Waals surface area contributed by atoms with E-state index in [0.717, 1.165) is 32.1 Å². The molecule has 1 aromatic heterocycles. The van der Waals surface area contributed by atoms with Gasteiger partial charge in [0, 0.05) is 37.3 Å². The molecule has 118 valence electrons. The fraction of sp³-hybridized carbons (Fsp3) is 0.600. The number of hydrogen-bond donors (Lipinski definition) is 1. The second-order valence-corrected chi connectivity index (χ2v) is 6.02. The molecule has 7 nitrogen and oxygen atoms in total. The van der Waals surface area contributed by atoms with Gasteiger partial charge in [0.1, 0.15) is 0 Å². The second-order valence-electron chi connectivity index (χ2n) is 6.02. The van der Waals surface area contributed by atoms with Crippen LogP contribution in [0.4, 0.5) is 11.5 Å². The van der Waals surface area contributed by atoms with Crippen molar-refractivity contribution >= 4 is 17.4 Å². The number of likely N-dealkylation sites (tertiary alicyclic amines) is 1. The number of rotatable bonds is 4. The van der Waals surface area contributed by atoms with Crippen LogP contribution in [0.5, 0.6) is 0 Å². The molecule has 0 aromatic carbocycles. The molecule has 1 aromatic rings. The van der Waals surface area contributed by atoms with E-state index in [4.69, 9.17) is 0 Å². The Hall–Kier alpha value is -2.18. The van der Waals surface area contributed by atoms with Crippen LogP contribution in [0.2, 0.25) is 0 Å². The molecule has 0 radical (unpaired) electrons. The van der Waals surface area contributed by atoms with Gasteiger partial charge in [-0.25, -0.2) is 4.98 Å². The molecular weight excluding hydrogens is 284 g/mol. The largest absolute Gasteiger partial charge is 0.360 e. The summed E-state index contributed by atoms with van der Waals surface area (Å²) in [7, 11) is 0. The lowest BCUT2D eigenvalue weighted by molar-refractivity contribution is -0.384. The average Bonchev–Trinajstić information content (AvgIpc) is 3.18. The summed E-state index contributed by atoms with van der Waals surface area (Å²) in [5.41, 5.74) is -0.0249. The van der Waals surface area contributed by atoms with E-state index in [2.05, 4.69) is 10.3 Å². The zero-order chi connectivity index (χ0) is 15.5. The SMILES string of the molecule is O=C(C1CCCC1)N1CCC(Nc2ncccc2[N+](=O)[O-])C1. The van der Waals surface area contributed by atoms with Crippen molar-refractivity contribution in [2.24, 2.45) is 5.92 Å². The molecule has 2 fully saturated rings. The van der Waals surface area contributed by atoms with E-state index in [1.54, 1.807) is 6.07 Å². The molecule has 1 amide bonds. The van der Waals surface area contributed by atoms with E-state index in [9.17, 15) is 14.9 Å². The van der Waals surface area contributed by atoms with Gasteiger partial charge in [-0.05, 0) is 25.3 Å². The maximum atomic E-state index is 12.4. The third-order valence-electron chi connectivity index (χ3n) is 4.53. The number of pyridine rings is 1. The van der Waals surface area contributed by atoms with Gasteiger partial charge in [-0.1, -0.05) is 12.8 Å². The minimum Gasteiger partial charge on any atom is -0.360 e. The maximum Gasteiger partial charge on any atom is 0.311 e. The molecule has 1 aliphatic heterocycles. The lowest BCUT2D eigenvalue weighted by Crippen LogP contribution is -2.35. The van der Waals surface area contributed by atoms with Crippen molar-refractivity contribution in [1.29, 1.82) is 0 Å². The molecule has 2 aliphatic rings. The minimum absolute atomic E-state index is 0.0249. The van der Waals surface area contributed by atoms with E-state index in [1.165, 1.54) is 12.3 Å². The standard InChI is InChI=1S/C15H20N4O3/c20-15(11-4-1-2-5-11)18-9-7-12(10-18)17-14-13(19(21)22)6-3-8-16-14/h3,6,8,11-12H,1-2,4-5,7,9-10H2,(H,16,17). The van der Waals surface area contributed by atoms with E-state index in [0.29, 0.717) is 13.1 Å². The van der Waals surface area contributed by atoms with Crippen LogP contribution in [0, 0.1) is 16.0 Å². The number of aromatic nitrogens is 1. The zero-order valence-corrected chi connectivity index (χ0v) is 12.4. The molecule has 1 atom stereocenters. The number of nitrogens with one attached hydrogen (secondary N) is 1. The normalized spacial score (nSPS) is 22.0. The van der Waals surface area contributed by atoms with Gasteiger partial charge in [0.15, 0.2) is 0 Å². The first-order valence-electron chi connectivity index (χ1n) is 7.80. The summed E-state index contributed by atoms with van der Waals surface area (Å²) in [4.78, 5) is 28.9. The van der Waals surface area contributed by atoms with Gasteiger partial charge >= 0.3 is 5.69 Å². The summed E-state index contributed by atoms with van der Waals surface area (Å²) >= 11 is 0. The summed E-state index contributed by atoms with van der Waals surface area (Å²) in [5.74, 6) is 0.716. The third kappa shape index (κ3) is 3.03. The topological polar surface area (TPSA) is 88.4 Å². The van der Waals surface area contributed by atoms with Crippen LogP contribution in [0.1, 0.15) is 32.1 Å². The number of carbonyl (C=O) groups is 1. The molecule has 1 aliphatic carbocycles. The molecule has 0 spiro atoms. The van der Waals surface area contributed by atoms with Gasteiger partial charge in [0.25, 0.3) is 0 Å². The van der Waals surface area contributed by atoms with Crippen molar-refractivity contribution < 1.29 is 9.72 Å². The van der Waals surface area contributed by atoms with Gasteiger partial charge in [-0.15, -0.1) is 0 Å². The molecule has 1 N–H and O–H groups in total. The Bertz CT molecular complexity index is 572. The first-order chi connectivity index (χ1) is 10.6. The van der Waals surface area contributed by atoms with Crippen molar-refractivity contribution in [3.63, 3.8) is 0 Å². The van der Waals surface area contributed by atoms with Crippen molar-refractivity contribution in [2.75, 3.05) is 18.4 Å². The van der Waals surface area contributed by atoms with Crippen LogP contribution in [0.15, 0.2) is 18.3 Å². The monoisotopic (exact) mass is 304 g/mol. The molecule has 3 rings (SSSR count). The Morgan fingerprint density at radius 3 is 2.86 bits per heavy atom. The predicted octanol–water partition coefficient (Wildman–Crippen LogP) is 2.19. The van der Waals surface area contributed by atoms with Gasteiger partial charge in [0.2, 0.25) is 11.7 Å². The fourth-order valence-corrected chi connectivity index (χ4v) is 3.36. The van der Waals surface area contributed by atoms with E-state index in [1.807, 2.05) is 4.90 Å². The second kappa shape index (κ2) is 6.29. The van der Waals surface area contributed by atoms with E-state index >= 15 is 0 Å². The Kier molecular flexibility index (Phi) is 4.22. The molecule has 2 heterocycles. The van der Waals surface area contributed by atoms with Crippen molar-refractivity contribution in [1.82, 2.24) is 9.88 Å². The van der Waals surface area contributed by atoms with Gasteiger partial charge in [-0.3, -0.25) is 14.9 Å². The smallest absolute Gasteiger partial charge is 0.311 e. The predicted molar refractivity (Wildman–Crippen MR) is 81.5 cm³/mol. The van der Waals surface area contributed by atoms with E-state index in [-0.39, 0.29) is 29.4 Å². The first-order valence-corrected chi connectivity index (χ1v) is 7.80. The fourth-order valence-electron chi connectivity index (χ4n) is 3.36. The van der Waals surface area contributed by atoms with Crippen molar-refractivity contribution in [3.05, 3.63) is 28.4 Å². The van der Waals surface area contributed by atoms with Crippen molar-refractivity contribution in [2.45, 2.75) is 38.1 Å². The Labute approximate surface area is 128 Å². The summed E-state index contributed by atoms with van der Waals surface area (Å²) in [5, 5.41) is 14.1. The third-order valence-corrected chi connectivity index (χ3v) is 4.53. The molecule has 1 saturated carbocycles. The lowest BCUT2D eigenvalue weighted by Gasteiger charge is -2.20. The highest BCUT2D eigenvalue weighted by molar-refractivity contribution is 5.79. The average molecular weight is 304 g/mol. The highest BCUT2D eigenvalue weighted by Crippen LogP contribution is 2.29. The maximum absolute atomic E-state index is 12.4. The molecule has 1 saturated heterocycles. The van der Waals surface area contributed by atoms with Crippen LogP contribution in [-0.4, -0.2) is 39.8 Å². The summed E-state index contributed by atoms with van der Waals surface area (Å²) in [6.07, 6.45) is 6.62. The minimum atomic E-state index is -0.439. The van der Waals surface area contributed by atoms with Crippen LogP contribution < -0.4 is 5.32 Å². The number of hydrogen-bond acceptors (Lipinski definition) is 5. The highest BCUT2D eigenvalue weighted by atomic mass is 16.6. The van der Waals surface area contributed by atoms with Crippen molar-refractivity contribution in [3.8, 4) is 0 Å². The number of amides is 1. The van der Waals surface area contributed by atoms with Gasteiger partial charge < -0.3 is 10.2 Å². The van der Waals surface area contributed by atoms with E-state index < -0.39 is 4.92 Å². The Balaban J connectivity index is 1.61. The number of anilines is 1. The van der Waals surface area contributed by atoms with Crippen LogP contribution in [-0.2, 0) is 4.79 Å². The van der Waals surface area contributed by atoms with Gasteiger partial charge in [-0.2, -0.15) is 0 Å². The Morgan fingerprint density at radius 1 is 1.36 bits per heavy atom. The quantitative estimate of drug-likeness (QED) is 0.680.